The van der Waals surface area contributed by atoms with Gasteiger partial charge in [-0.1, -0.05) is 18.6 Å². The number of rotatable bonds is 7. The molecule has 9 nitrogen and oxygen atoms in total. The van der Waals surface area contributed by atoms with Gasteiger partial charge in [-0.25, -0.2) is 9.18 Å². The fourth-order valence-electron chi connectivity index (χ4n) is 8.89. The molecule has 4 aliphatic carbocycles. The van der Waals surface area contributed by atoms with Gasteiger partial charge in [0.2, 0.25) is 5.78 Å². The highest BCUT2D eigenvalue weighted by atomic mass is 19.1. The minimum atomic E-state index is -2.06. The molecule has 1 heterocycles. The topological polar surface area (TPSA) is 125 Å². The molecule has 1 N–H and O–H groups in total. The van der Waals surface area contributed by atoms with E-state index in [-0.39, 0.29) is 18.1 Å². The van der Waals surface area contributed by atoms with E-state index in [2.05, 4.69) is 0 Å². The fourth-order valence-corrected chi connectivity index (χ4v) is 8.89. The van der Waals surface area contributed by atoms with Gasteiger partial charge < -0.3 is 24.1 Å². The molecule has 0 unspecified atom stereocenters. The molecule has 43 heavy (non-hydrogen) atoms. The van der Waals surface area contributed by atoms with E-state index >= 15 is 4.39 Å². The van der Waals surface area contributed by atoms with Crippen molar-refractivity contribution < 1.29 is 47.6 Å². The van der Waals surface area contributed by atoms with Gasteiger partial charge >= 0.3 is 5.97 Å². The molecule has 0 radical (unpaired) electrons. The summed E-state index contributed by atoms with van der Waals surface area (Å²) in [4.78, 5) is 49.7. The second-order valence-electron chi connectivity index (χ2n) is 13.4. The van der Waals surface area contributed by atoms with Crippen LogP contribution in [0.5, 0.6) is 5.75 Å². The number of fused-ring (bicyclic) bond motifs is 7. The summed E-state index contributed by atoms with van der Waals surface area (Å²) in [5.41, 5.74) is -4.70. The van der Waals surface area contributed by atoms with Gasteiger partial charge in [-0.3, -0.25) is 14.4 Å². The highest BCUT2D eigenvalue weighted by Crippen LogP contribution is 2.72. The lowest BCUT2D eigenvalue weighted by molar-refractivity contribution is -0.246. The molecule has 4 fully saturated rings. The minimum absolute atomic E-state index is 0.0785. The lowest BCUT2D eigenvalue weighted by Gasteiger charge is -2.62. The summed E-state index contributed by atoms with van der Waals surface area (Å²) in [5.74, 6) is -3.27. The van der Waals surface area contributed by atoms with Crippen LogP contribution in [0.2, 0.25) is 0 Å². The first-order valence-corrected chi connectivity index (χ1v) is 14.8. The van der Waals surface area contributed by atoms with Gasteiger partial charge in [0.1, 0.15) is 12.0 Å². The van der Waals surface area contributed by atoms with E-state index in [1.54, 1.807) is 51.1 Å². The maximum atomic E-state index is 17.5. The predicted octanol–water partition coefficient (Wildman–Crippen LogP) is 3.86. The number of Topliss-reactive ketones (excluding diaryl/α,β-unsaturated/α-hetero) is 1. The van der Waals surface area contributed by atoms with Crippen LogP contribution < -0.4 is 4.74 Å². The second kappa shape index (κ2) is 9.90. The van der Waals surface area contributed by atoms with E-state index < -0.39 is 71.0 Å². The highest BCUT2D eigenvalue weighted by Gasteiger charge is 2.80. The molecule has 6 rings (SSSR count). The first-order chi connectivity index (χ1) is 20.2. The number of halogens is 1. The summed E-state index contributed by atoms with van der Waals surface area (Å²) in [6, 6.07) is 6.18. The maximum Gasteiger partial charge on any atom is 0.344 e. The smallest absolute Gasteiger partial charge is 0.344 e. The normalized spacial score (nSPS) is 40.4. The monoisotopic (exact) mass is 596 g/mol. The van der Waals surface area contributed by atoms with E-state index in [0.717, 1.165) is 0 Å². The number of hydrogen-bond acceptors (Lipinski definition) is 9. The van der Waals surface area contributed by atoms with Gasteiger partial charge in [-0.15, -0.1) is 0 Å². The molecule has 0 amide bonds. The van der Waals surface area contributed by atoms with Crippen LogP contribution in [-0.4, -0.2) is 71.4 Å². The molecule has 230 valence electrons. The number of aliphatic hydroxyl groups excluding tert-OH is 1. The van der Waals surface area contributed by atoms with Crippen molar-refractivity contribution in [1.82, 2.24) is 0 Å². The summed E-state index contributed by atoms with van der Waals surface area (Å²) >= 11 is 0. The van der Waals surface area contributed by atoms with Crippen molar-refractivity contribution in [3.63, 3.8) is 0 Å². The van der Waals surface area contributed by atoms with Gasteiger partial charge in [-0.2, -0.15) is 0 Å². The van der Waals surface area contributed by atoms with Gasteiger partial charge in [0.05, 0.1) is 12.2 Å². The Balaban J connectivity index is 1.25. The van der Waals surface area contributed by atoms with E-state index in [1.165, 1.54) is 12.2 Å². The number of carbonyl (C=O) groups is 4. The van der Waals surface area contributed by atoms with Crippen LogP contribution in [0.15, 0.2) is 48.1 Å². The Labute approximate surface area is 249 Å². The van der Waals surface area contributed by atoms with Crippen molar-refractivity contribution in [1.29, 1.82) is 0 Å². The standard InChI is InChI=1S/C33H37FO9/c1-29(2)42-27-14-24-23-10-7-20-13-21(36)11-12-30(20,3)32(23,34)25(37)15-31(24,4)33(27,43-29)26(38)17-41-28(39)18-40-22-8-5-19(16-35)6-9-22/h5-6,8-9,11-13,16,23-25,27,37H,7,10,14-15,17-18H2,1-4H3/t23-,24-,25-,27+,30-,31-,32-,33+/m0/s1. The molecule has 5 aliphatic rings. The number of ketones is 2. The maximum absolute atomic E-state index is 17.5. The summed E-state index contributed by atoms with van der Waals surface area (Å²) in [6.45, 7) is 5.94. The zero-order valence-corrected chi connectivity index (χ0v) is 24.8. The largest absolute Gasteiger partial charge is 0.482 e. The van der Waals surface area contributed by atoms with Crippen LogP contribution >= 0.6 is 0 Å². The van der Waals surface area contributed by atoms with E-state index in [9.17, 15) is 24.3 Å². The van der Waals surface area contributed by atoms with Crippen molar-refractivity contribution >= 4 is 23.8 Å². The van der Waals surface area contributed by atoms with Crippen molar-refractivity contribution in [2.24, 2.45) is 22.7 Å². The van der Waals surface area contributed by atoms with Gasteiger partial charge in [0, 0.05) is 22.3 Å². The minimum Gasteiger partial charge on any atom is -0.482 e. The number of ether oxygens (including phenoxy) is 4. The van der Waals surface area contributed by atoms with E-state index in [0.29, 0.717) is 42.4 Å². The molecule has 1 aromatic carbocycles. The highest BCUT2D eigenvalue weighted by molar-refractivity contribution is 6.01. The molecule has 3 saturated carbocycles. The van der Waals surface area contributed by atoms with Crippen LogP contribution in [0, 0.1) is 22.7 Å². The molecule has 0 spiro atoms. The summed E-state index contributed by atoms with van der Waals surface area (Å²) in [5, 5.41) is 11.7. The predicted molar refractivity (Wildman–Crippen MR) is 150 cm³/mol. The number of allylic oxidation sites excluding steroid dienone is 4. The number of hydrogen-bond donors (Lipinski definition) is 1. The van der Waals surface area contributed by atoms with E-state index in [1.807, 2.05) is 6.92 Å². The first kappa shape index (κ1) is 29.8. The zero-order valence-electron chi connectivity index (χ0n) is 24.8. The van der Waals surface area contributed by atoms with Crippen LogP contribution in [0.4, 0.5) is 4.39 Å². The third-order valence-electron chi connectivity index (χ3n) is 10.8. The molecular formula is C33H37FO9. The third-order valence-corrected chi connectivity index (χ3v) is 10.8. The zero-order chi connectivity index (χ0) is 31.0. The molecule has 1 aromatic rings. The number of aldehydes is 1. The average molecular weight is 597 g/mol. The van der Waals surface area contributed by atoms with Crippen LogP contribution in [0.1, 0.15) is 63.7 Å². The number of alkyl halides is 1. The Hall–Kier alpha value is -3.21. The first-order valence-electron chi connectivity index (χ1n) is 14.8. The summed E-state index contributed by atoms with van der Waals surface area (Å²) in [7, 11) is 0. The number of esters is 1. The second-order valence-corrected chi connectivity index (χ2v) is 13.4. The Morgan fingerprint density at radius 3 is 2.53 bits per heavy atom. The molecule has 8 atom stereocenters. The lowest BCUT2D eigenvalue weighted by Crippen LogP contribution is -2.70. The van der Waals surface area contributed by atoms with Crippen molar-refractivity contribution in [2.75, 3.05) is 13.2 Å². The number of aliphatic hydroxyl groups is 1. The molecule has 0 bridgehead atoms. The Kier molecular flexibility index (Phi) is 6.87. The summed E-state index contributed by atoms with van der Waals surface area (Å²) in [6.07, 6.45) is 4.10. The Morgan fingerprint density at radius 2 is 1.84 bits per heavy atom. The fraction of sp³-hybridized carbons (Fsp3) is 0.576. The van der Waals surface area contributed by atoms with Gasteiger partial charge in [0.25, 0.3) is 0 Å². The van der Waals surface area contributed by atoms with E-state index in [4.69, 9.17) is 18.9 Å². The molecule has 0 aromatic heterocycles. The molecular weight excluding hydrogens is 559 g/mol. The lowest BCUT2D eigenvalue weighted by atomic mass is 9.44. The van der Waals surface area contributed by atoms with Crippen LogP contribution in [0.25, 0.3) is 0 Å². The average Bonchev–Trinajstić information content (AvgIpc) is 3.37. The molecule has 10 heteroatoms. The summed E-state index contributed by atoms with van der Waals surface area (Å²) < 4.78 is 41.0. The number of carbonyl (C=O) groups excluding carboxylic acids is 4. The Morgan fingerprint density at radius 1 is 1.12 bits per heavy atom. The molecule has 1 saturated heterocycles. The van der Waals surface area contributed by atoms with Crippen molar-refractivity contribution in [2.45, 2.75) is 82.6 Å². The molecule has 1 aliphatic heterocycles. The van der Waals surface area contributed by atoms with Crippen LogP contribution in [0.3, 0.4) is 0 Å². The third kappa shape index (κ3) is 4.20. The van der Waals surface area contributed by atoms with Gasteiger partial charge in [0.15, 0.2) is 36.1 Å². The Bertz CT molecular complexity index is 1430. The quantitative estimate of drug-likeness (QED) is 0.369. The van der Waals surface area contributed by atoms with Crippen molar-refractivity contribution in [3.05, 3.63) is 53.6 Å². The number of benzene rings is 1. The SMILES string of the molecule is CC1(C)O[C@@H]2C[C@H]3[C@@H]4CCC5=CC(=O)C=C[C@]5(C)[C@@]4(F)[C@@H](O)C[C@]3(C)[C@]2(C(=O)COC(=O)COc2ccc(C=O)cc2)O1. The van der Waals surface area contributed by atoms with Crippen LogP contribution in [-0.2, 0) is 28.6 Å². The van der Waals surface area contributed by atoms with Gasteiger partial charge in [-0.05, 0) is 88.8 Å². The van der Waals surface area contributed by atoms with Crippen molar-refractivity contribution in [3.8, 4) is 5.75 Å².